The summed E-state index contributed by atoms with van der Waals surface area (Å²) in [6, 6.07) is 12.4. The van der Waals surface area contributed by atoms with Crippen LogP contribution in [0.15, 0.2) is 67.8 Å². The number of pyridine rings is 2. The van der Waals surface area contributed by atoms with E-state index in [2.05, 4.69) is 61.2 Å². The zero-order valence-electron chi connectivity index (χ0n) is 16.8. The van der Waals surface area contributed by atoms with Crippen molar-refractivity contribution < 1.29 is 0 Å². The number of benzene rings is 1. The molecule has 150 valence electrons. The molecule has 30 heavy (non-hydrogen) atoms. The Bertz CT molecular complexity index is 1170. The lowest BCUT2D eigenvalue weighted by molar-refractivity contribution is 0.331. The van der Waals surface area contributed by atoms with Gasteiger partial charge in [-0.3, -0.25) is 20.0 Å². The van der Waals surface area contributed by atoms with E-state index in [0.29, 0.717) is 0 Å². The van der Waals surface area contributed by atoms with E-state index in [9.17, 15) is 0 Å². The summed E-state index contributed by atoms with van der Waals surface area (Å²) in [5.41, 5.74) is 6.88. The van der Waals surface area contributed by atoms with Gasteiger partial charge in [0, 0.05) is 36.1 Å². The Balaban J connectivity index is 1.43. The van der Waals surface area contributed by atoms with Crippen molar-refractivity contribution in [3.05, 3.63) is 79.0 Å². The largest absolute Gasteiger partial charge is 0.353 e. The molecule has 1 saturated heterocycles. The molecule has 0 radical (unpaired) electrons. The van der Waals surface area contributed by atoms with Crippen LogP contribution in [0.5, 0.6) is 0 Å². The van der Waals surface area contributed by atoms with Gasteiger partial charge in [-0.1, -0.05) is 12.6 Å². The van der Waals surface area contributed by atoms with Gasteiger partial charge < -0.3 is 5.32 Å². The second-order valence-corrected chi connectivity index (χ2v) is 7.74. The van der Waals surface area contributed by atoms with Gasteiger partial charge in [-0.2, -0.15) is 5.10 Å². The molecule has 1 aliphatic heterocycles. The zero-order valence-corrected chi connectivity index (χ0v) is 16.8. The summed E-state index contributed by atoms with van der Waals surface area (Å²) in [7, 11) is 0. The van der Waals surface area contributed by atoms with Gasteiger partial charge in [-0.25, -0.2) is 0 Å². The summed E-state index contributed by atoms with van der Waals surface area (Å²) in [5, 5.41) is 11.9. The molecule has 0 amide bonds. The Hall–Kier alpha value is -3.51. The minimum Gasteiger partial charge on any atom is -0.353 e. The van der Waals surface area contributed by atoms with Crippen LogP contribution in [-0.2, 0) is 6.54 Å². The van der Waals surface area contributed by atoms with Gasteiger partial charge in [-0.05, 0) is 67.4 Å². The van der Waals surface area contributed by atoms with Crippen molar-refractivity contribution >= 4 is 22.3 Å². The van der Waals surface area contributed by atoms with Gasteiger partial charge in [0.2, 0.25) is 0 Å². The SMILES string of the molecule is C=C(Nc1cccnc1)c1n[nH]c2ccc(-c3cncc(CN4CCCC4)c3)cc12. The summed E-state index contributed by atoms with van der Waals surface area (Å²) >= 11 is 0. The van der Waals surface area contributed by atoms with E-state index >= 15 is 0 Å². The first-order valence-electron chi connectivity index (χ1n) is 10.3. The van der Waals surface area contributed by atoms with Crippen molar-refractivity contribution in [2.45, 2.75) is 19.4 Å². The molecule has 0 saturated carbocycles. The lowest BCUT2D eigenvalue weighted by atomic mass is 10.0. The molecule has 1 aromatic carbocycles. The van der Waals surface area contributed by atoms with Crippen LogP contribution in [0, 0.1) is 0 Å². The predicted molar refractivity (Wildman–Crippen MR) is 121 cm³/mol. The Kier molecular flexibility index (Phi) is 4.99. The summed E-state index contributed by atoms with van der Waals surface area (Å²) in [5.74, 6) is 0. The number of H-pyrrole nitrogens is 1. The normalized spacial score (nSPS) is 14.3. The summed E-state index contributed by atoms with van der Waals surface area (Å²) < 4.78 is 0. The smallest absolute Gasteiger partial charge is 0.116 e. The van der Waals surface area contributed by atoms with Gasteiger partial charge in [0.1, 0.15) is 5.69 Å². The molecule has 4 aromatic rings. The molecule has 2 N–H and O–H groups in total. The fourth-order valence-corrected chi connectivity index (χ4v) is 4.02. The maximum atomic E-state index is 4.50. The average Bonchev–Trinajstić information content (AvgIpc) is 3.44. The second kappa shape index (κ2) is 8.08. The first kappa shape index (κ1) is 18.5. The first-order chi connectivity index (χ1) is 14.8. The number of fused-ring (bicyclic) bond motifs is 1. The molecule has 4 heterocycles. The van der Waals surface area contributed by atoms with Gasteiger partial charge in [-0.15, -0.1) is 0 Å². The van der Waals surface area contributed by atoms with Crippen molar-refractivity contribution in [1.29, 1.82) is 0 Å². The molecule has 3 aromatic heterocycles. The maximum absolute atomic E-state index is 4.50. The van der Waals surface area contributed by atoms with Crippen molar-refractivity contribution in [2.75, 3.05) is 18.4 Å². The van der Waals surface area contributed by atoms with Crippen LogP contribution in [0.25, 0.3) is 27.7 Å². The minimum absolute atomic E-state index is 0.729. The Morgan fingerprint density at radius 1 is 1.03 bits per heavy atom. The van der Waals surface area contributed by atoms with Crippen LogP contribution in [-0.4, -0.2) is 38.2 Å². The van der Waals surface area contributed by atoms with Crippen LogP contribution in [0.2, 0.25) is 0 Å². The molecule has 6 heteroatoms. The van der Waals surface area contributed by atoms with E-state index in [-0.39, 0.29) is 0 Å². The lowest BCUT2D eigenvalue weighted by Gasteiger charge is -2.14. The highest BCUT2D eigenvalue weighted by Gasteiger charge is 2.14. The third-order valence-corrected chi connectivity index (χ3v) is 5.54. The molecule has 0 bridgehead atoms. The van der Waals surface area contributed by atoms with Gasteiger partial charge in [0.15, 0.2) is 0 Å². The number of nitrogens with zero attached hydrogens (tertiary/aromatic N) is 4. The Morgan fingerprint density at radius 2 is 1.93 bits per heavy atom. The van der Waals surface area contributed by atoms with Crippen LogP contribution in [0.1, 0.15) is 24.1 Å². The number of aromatic nitrogens is 4. The molecule has 0 unspecified atom stereocenters. The van der Waals surface area contributed by atoms with Crippen LogP contribution in [0.4, 0.5) is 5.69 Å². The maximum Gasteiger partial charge on any atom is 0.116 e. The first-order valence-corrected chi connectivity index (χ1v) is 10.3. The fraction of sp³-hybridized carbons (Fsp3) is 0.208. The van der Waals surface area contributed by atoms with Crippen LogP contribution >= 0.6 is 0 Å². The predicted octanol–water partition coefficient (Wildman–Crippen LogP) is 4.70. The third kappa shape index (κ3) is 3.82. The van der Waals surface area contributed by atoms with Crippen LogP contribution < -0.4 is 5.32 Å². The molecule has 0 atom stereocenters. The van der Waals surface area contributed by atoms with Crippen molar-refractivity contribution in [2.24, 2.45) is 0 Å². The Morgan fingerprint density at radius 3 is 2.77 bits per heavy atom. The molecular weight excluding hydrogens is 372 g/mol. The summed E-state index contributed by atoms with van der Waals surface area (Å²) in [4.78, 5) is 11.1. The van der Waals surface area contributed by atoms with Crippen molar-refractivity contribution in [3.8, 4) is 11.1 Å². The molecule has 1 fully saturated rings. The highest BCUT2D eigenvalue weighted by Crippen LogP contribution is 2.29. The second-order valence-electron chi connectivity index (χ2n) is 7.74. The van der Waals surface area contributed by atoms with E-state index in [1.165, 1.54) is 31.5 Å². The summed E-state index contributed by atoms with van der Waals surface area (Å²) in [6.07, 6.45) is 10.0. The van der Waals surface area contributed by atoms with Crippen LogP contribution in [0.3, 0.4) is 0 Å². The summed E-state index contributed by atoms with van der Waals surface area (Å²) in [6.45, 7) is 7.50. The number of hydrogen-bond donors (Lipinski definition) is 2. The van der Waals surface area contributed by atoms with E-state index in [1.54, 1.807) is 12.4 Å². The number of rotatable bonds is 6. The highest BCUT2D eigenvalue weighted by molar-refractivity contribution is 5.94. The molecule has 6 nitrogen and oxygen atoms in total. The minimum atomic E-state index is 0.729. The number of anilines is 1. The van der Waals surface area contributed by atoms with E-state index in [4.69, 9.17) is 0 Å². The van der Waals surface area contributed by atoms with Gasteiger partial charge in [0.05, 0.1) is 23.1 Å². The fourth-order valence-electron chi connectivity index (χ4n) is 4.02. The third-order valence-electron chi connectivity index (χ3n) is 5.54. The van der Waals surface area contributed by atoms with E-state index in [0.717, 1.165) is 45.7 Å². The number of likely N-dealkylation sites (tertiary alicyclic amines) is 1. The standard InChI is InChI=1S/C24H24N6/c1-17(27-21-5-4-8-25-15-21)24-22-12-19(6-7-23(22)28-29-24)20-11-18(13-26-14-20)16-30-9-2-3-10-30/h4-8,11-15,27H,1-3,9-10,16H2,(H,28,29). The van der Waals surface area contributed by atoms with Crippen molar-refractivity contribution in [1.82, 2.24) is 25.1 Å². The highest BCUT2D eigenvalue weighted by atomic mass is 15.1. The van der Waals surface area contributed by atoms with Gasteiger partial charge >= 0.3 is 0 Å². The number of aromatic amines is 1. The van der Waals surface area contributed by atoms with E-state index in [1.807, 2.05) is 24.5 Å². The topological polar surface area (TPSA) is 69.7 Å². The Labute approximate surface area is 175 Å². The van der Waals surface area contributed by atoms with E-state index < -0.39 is 0 Å². The quantitative estimate of drug-likeness (QED) is 0.494. The molecule has 0 aliphatic carbocycles. The number of nitrogens with one attached hydrogen (secondary N) is 2. The molecule has 5 rings (SSSR count). The van der Waals surface area contributed by atoms with Crippen molar-refractivity contribution in [3.63, 3.8) is 0 Å². The molecular formula is C24H24N6. The molecule has 1 aliphatic rings. The monoisotopic (exact) mass is 396 g/mol. The average molecular weight is 396 g/mol. The molecule has 0 spiro atoms. The zero-order chi connectivity index (χ0) is 20.3. The lowest BCUT2D eigenvalue weighted by Crippen LogP contribution is -2.18. The van der Waals surface area contributed by atoms with Gasteiger partial charge in [0.25, 0.3) is 0 Å². The number of hydrogen-bond acceptors (Lipinski definition) is 5.